The summed E-state index contributed by atoms with van der Waals surface area (Å²) in [5.74, 6) is 0. The van der Waals surface area contributed by atoms with Crippen LogP contribution in [0.3, 0.4) is 0 Å². The molecule has 0 spiro atoms. The molecule has 6 rings (SSSR count). The SMILES string of the molecule is CC[Si](C)(c1cc2c(-c3cc(C)ccc3C)cccc2[cH-]1)c1cc2c(-c3cc(C)ccc3C)cccc2[cH-]1.[CH3-].[CH3-].[Hf+4]. The third-order valence-electron chi connectivity index (χ3n) is 8.85. The van der Waals surface area contributed by atoms with Gasteiger partial charge in [0.05, 0.1) is 8.07 Å². The maximum absolute atomic E-state index is 2.56. The molecule has 0 atom stereocenters. The molecule has 206 valence electrons. The minimum atomic E-state index is -1.94. The van der Waals surface area contributed by atoms with Gasteiger partial charge in [0.2, 0.25) is 0 Å². The van der Waals surface area contributed by atoms with Crippen LogP contribution in [0.15, 0.2) is 97.1 Å². The fourth-order valence-corrected chi connectivity index (χ4v) is 9.23. The number of rotatable bonds is 5. The predicted octanol–water partition coefficient (Wildman–Crippen LogP) is 10.1. The maximum Gasteiger partial charge on any atom is 4.00 e. The standard InChI is InChI=1S/C37H36Si.2CH3.Hf/c1-7-38(6,30-20-28-10-8-12-32(36(28)22-30)34-18-24(2)14-16-26(34)4)31-21-29-11-9-13-33(37(29)23-31)35-19-25(3)15-17-27(35)5;;;/h8-23H,7H2,1-6H3;2*1H3;/q-2;2*-1;+4. The van der Waals surface area contributed by atoms with Gasteiger partial charge in [0, 0.05) is 0 Å². The second-order valence-corrected chi connectivity index (χ2v) is 16.0. The van der Waals surface area contributed by atoms with Gasteiger partial charge in [0.25, 0.3) is 0 Å². The topological polar surface area (TPSA) is 0 Å². The van der Waals surface area contributed by atoms with E-state index in [2.05, 4.69) is 138 Å². The molecule has 0 aromatic heterocycles. The summed E-state index contributed by atoms with van der Waals surface area (Å²) < 4.78 is 0. The summed E-state index contributed by atoms with van der Waals surface area (Å²) in [7, 11) is -1.94. The van der Waals surface area contributed by atoms with E-state index in [1.165, 1.54) is 82.5 Å². The van der Waals surface area contributed by atoms with E-state index < -0.39 is 8.07 Å². The molecule has 0 saturated carbocycles. The maximum atomic E-state index is 2.56. The van der Waals surface area contributed by atoms with E-state index in [1.807, 2.05) is 0 Å². The molecule has 0 N–H and O–H groups in total. The number of hydrogen-bond acceptors (Lipinski definition) is 0. The van der Waals surface area contributed by atoms with Crippen molar-refractivity contribution < 1.29 is 25.8 Å². The van der Waals surface area contributed by atoms with Crippen LogP contribution < -0.4 is 10.4 Å². The summed E-state index contributed by atoms with van der Waals surface area (Å²) in [6.45, 7) is 13.8. The molecule has 0 nitrogen and oxygen atoms in total. The summed E-state index contributed by atoms with van der Waals surface area (Å²) >= 11 is 0. The third-order valence-corrected chi connectivity index (χ3v) is 13.4. The Hall–Kier alpha value is -2.81. The van der Waals surface area contributed by atoms with Crippen molar-refractivity contribution in [2.24, 2.45) is 0 Å². The zero-order valence-electron chi connectivity index (χ0n) is 25.9. The van der Waals surface area contributed by atoms with E-state index in [4.69, 9.17) is 0 Å². The van der Waals surface area contributed by atoms with Crippen molar-refractivity contribution in [2.75, 3.05) is 0 Å². The van der Waals surface area contributed by atoms with Gasteiger partial charge in [-0.3, -0.25) is 0 Å². The van der Waals surface area contributed by atoms with Gasteiger partial charge in [-0.25, -0.2) is 0 Å². The number of benzene rings is 4. The van der Waals surface area contributed by atoms with Crippen LogP contribution in [0.4, 0.5) is 0 Å². The Balaban J connectivity index is 0.00000154. The molecule has 0 aliphatic rings. The van der Waals surface area contributed by atoms with Crippen molar-refractivity contribution in [2.45, 2.75) is 47.2 Å². The second kappa shape index (κ2) is 12.6. The molecule has 0 radical (unpaired) electrons. The third kappa shape index (κ3) is 5.66. The van der Waals surface area contributed by atoms with E-state index in [-0.39, 0.29) is 40.7 Å². The molecule has 0 saturated heterocycles. The average Bonchev–Trinajstić information content (AvgIpc) is 3.56. The van der Waals surface area contributed by atoms with Gasteiger partial charge >= 0.3 is 25.8 Å². The van der Waals surface area contributed by atoms with Gasteiger partial charge in [0.1, 0.15) is 0 Å². The first-order chi connectivity index (χ1) is 18.3. The molecule has 0 aliphatic heterocycles. The normalized spacial score (nSPS) is 11.2. The first-order valence-electron chi connectivity index (χ1n) is 13.8. The molecule has 6 aromatic carbocycles. The van der Waals surface area contributed by atoms with Crippen molar-refractivity contribution in [1.82, 2.24) is 0 Å². The Morgan fingerprint density at radius 2 is 0.976 bits per heavy atom. The Morgan fingerprint density at radius 1 is 0.561 bits per heavy atom. The molecular formula is C39H42HfSi. The smallest absolute Gasteiger partial charge is 0.358 e. The number of hydrogen-bond donors (Lipinski definition) is 0. The van der Waals surface area contributed by atoms with Gasteiger partial charge in [-0.1, -0.05) is 90.3 Å². The molecule has 2 heteroatoms. The quantitative estimate of drug-likeness (QED) is 0.123. The van der Waals surface area contributed by atoms with Crippen LogP contribution in [-0.4, -0.2) is 8.07 Å². The van der Waals surface area contributed by atoms with Crippen LogP contribution in [0, 0.1) is 42.5 Å². The zero-order chi connectivity index (χ0) is 26.6. The first kappa shape index (κ1) is 32.7. The Bertz CT molecular complexity index is 1680. The van der Waals surface area contributed by atoms with Gasteiger partial charge in [-0.2, -0.15) is 12.1 Å². The summed E-state index contributed by atoms with van der Waals surface area (Å²) in [6, 6.07) is 38.4. The van der Waals surface area contributed by atoms with E-state index in [0.29, 0.717) is 0 Å². The van der Waals surface area contributed by atoms with Gasteiger partial charge in [-0.15, -0.1) is 68.3 Å². The largest absolute Gasteiger partial charge is 4.00 e. The minimum absolute atomic E-state index is 0. The zero-order valence-corrected chi connectivity index (χ0v) is 30.5. The van der Waals surface area contributed by atoms with E-state index >= 15 is 0 Å². The van der Waals surface area contributed by atoms with Gasteiger partial charge < -0.3 is 14.9 Å². The molecule has 0 fully saturated rings. The summed E-state index contributed by atoms with van der Waals surface area (Å²) in [5.41, 5.74) is 10.7. The first-order valence-corrected chi connectivity index (χ1v) is 16.5. The second-order valence-electron chi connectivity index (χ2n) is 11.4. The van der Waals surface area contributed by atoms with E-state index in [1.54, 1.807) is 0 Å². The monoisotopic (exact) mass is 718 g/mol. The Morgan fingerprint density at radius 3 is 1.37 bits per heavy atom. The molecule has 6 aromatic rings. The van der Waals surface area contributed by atoms with Gasteiger partial charge in [-0.05, 0) is 49.9 Å². The molecule has 0 bridgehead atoms. The van der Waals surface area contributed by atoms with Crippen molar-refractivity contribution in [3.05, 3.63) is 134 Å². The van der Waals surface area contributed by atoms with E-state index in [9.17, 15) is 0 Å². The summed E-state index contributed by atoms with van der Waals surface area (Å²) in [5, 5.41) is 8.56. The summed E-state index contributed by atoms with van der Waals surface area (Å²) in [6.07, 6.45) is 0. The molecule has 0 heterocycles. The van der Waals surface area contributed by atoms with E-state index in [0.717, 1.165) is 0 Å². The summed E-state index contributed by atoms with van der Waals surface area (Å²) in [4.78, 5) is 0. The Labute approximate surface area is 268 Å². The number of aryl methyl sites for hydroxylation is 4. The fraction of sp³-hybridized carbons (Fsp3) is 0.179. The molecular weight excluding hydrogens is 675 g/mol. The molecule has 0 aliphatic carbocycles. The fourth-order valence-electron chi connectivity index (χ4n) is 6.20. The minimum Gasteiger partial charge on any atom is -0.358 e. The van der Waals surface area contributed by atoms with Crippen LogP contribution in [0.2, 0.25) is 12.6 Å². The van der Waals surface area contributed by atoms with Crippen molar-refractivity contribution in [3.63, 3.8) is 0 Å². The van der Waals surface area contributed by atoms with Gasteiger partial charge in [0.15, 0.2) is 0 Å². The number of fused-ring (bicyclic) bond motifs is 2. The van der Waals surface area contributed by atoms with Crippen LogP contribution in [0.25, 0.3) is 43.8 Å². The predicted molar refractivity (Wildman–Crippen MR) is 183 cm³/mol. The van der Waals surface area contributed by atoms with Crippen LogP contribution in [-0.2, 0) is 25.8 Å². The van der Waals surface area contributed by atoms with Crippen molar-refractivity contribution in [3.8, 4) is 22.3 Å². The molecule has 0 unspecified atom stereocenters. The van der Waals surface area contributed by atoms with Crippen molar-refractivity contribution >= 4 is 40.0 Å². The molecule has 41 heavy (non-hydrogen) atoms. The average molecular weight is 717 g/mol. The molecule has 0 amide bonds. The van der Waals surface area contributed by atoms with Crippen LogP contribution >= 0.6 is 0 Å². The van der Waals surface area contributed by atoms with Crippen LogP contribution in [0.5, 0.6) is 0 Å². The van der Waals surface area contributed by atoms with Crippen LogP contribution in [0.1, 0.15) is 29.2 Å². The van der Waals surface area contributed by atoms with Crippen molar-refractivity contribution in [1.29, 1.82) is 0 Å². The Kier molecular flexibility index (Phi) is 10.0.